The number of hydrogen-bond donors (Lipinski definition) is 1. The summed E-state index contributed by atoms with van der Waals surface area (Å²) in [5.41, 5.74) is 4.90. The van der Waals surface area contributed by atoms with Crippen molar-refractivity contribution < 1.29 is 18.5 Å². The standard InChI is InChI=1S/C28H30ClN3O4S/c1-18-13-21(20-7-6-8-24(15-20)30-37(5)35)14-22-17-31(26(33)25(18)22)32(27(34)36-28(2,3)4)16-19-9-11-23(29)12-10-19/h6-15,30H,16-17H2,1-5H3. The van der Waals surface area contributed by atoms with Crippen LogP contribution in [0.3, 0.4) is 0 Å². The van der Waals surface area contributed by atoms with Gasteiger partial charge in [-0.15, -0.1) is 0 Å². The monoisotopic (exact) mass is 539 g/mol. The number of carbonyl (C=O) groups is 2. The maximum atomic E-state index is 13.6. The van der Waals surface area contributed by atoms with Crippen molar-refractivity contribution in [1.82, 2.24) is 10.0 Å². The fourth-order valence-electron chi connectivity index (χ4n) is 4.27. The van der Waals surface area contributed by atoms with E-state index >= 15 is 0 Å². The topological polar surface area (TPSA) is 79.0 Å². The minimum Gasteiger partial charge on any atom is -0.442 e. The molecule has 3 aromatic carbocycles. The lowest BCUT2D eigenvalue weighted by Crippen LogP contribution is -2.48. The van der Waals surface area contributed by atoms with Crippen molar-refractivity contribution in [2.24, 2.45) is 0 Å². The van der Waals surface area contributed by atoms with E-state index in [-0.39, 0.29) is 19.0 Å². The van der Waals surface area contributed by atoms with E-state index in [2.05, 4.69) is 4.72 Å². The number of benzene rings is 3. The van der Waals surface area contributed by atoms with Crippen molar-refractivity contribution >= 4 is 40.3 Å². The van der Waals surface area contributed by atoms with Gasteiger partial charge in [0.15, 0.2) is 0 Å². The molecule has 9 heteroatoms. The number of nitrogens with zero attached hydrogens (tertiary/aromatic N) is 2. The molecule has 194 valence electrons. The third-order valence-corrected chi connectivity index (χ3v) is 6.56. The van der Waals surface area contributed by atoms with E-state index in [1.54, 1.807) is 39.2 Å². The second-order valence-electron chi connectivity index (χ2n) is 9.99. The first kappa shape index (κ1) is 26.7. The van der Waals surface area contributed by atoms with Crippen LogP contribution < -0.4 is 4.72 Å². The highest BCUT2D eigenvalue weighted by Crippen LogP contribution is 2.34. The molecule has 0 spiro atoms. The Morgan fingerprint density at radius 3 is 2.46 bits per heavy atom. The van der Waals surface area contributed by atoms with Crippen molar-refractivity contribution in [1.29, 1.82) is 0 Å². The third kappa shape index (κ3) is 6.32. The SMILES string of the molecule is Cc1cc(-c2cccc(NS(C)=O)c2)cc2c1C(=O)N(N(Cc1ccc(Cl)cc1)C(=O)OC(C)(C)C)C2. The molecule has 1 atom stereocenters. The van der Waals surface area contributed by atoms with Crippen LogP contribution in [0.15, 0.2) is 60.7 Å². The highest BCUT2D eigenvalue weighted by molar-refractivity contribution is 7.85. The zero-order chi connectivity index (χ0) is 26.9. The number of carbonyl (C=O) groups excluding carboxylic acids is 2. The van der Waals surface area contributed by atoms with Gasteiger partial charge in [-0.05, 0) is 85.8 Å². The Balaban J connectivity index is 1.68. The van der Waals surface area contributed by atoms with Crippen LogP contribution in [0.25, 0.3) is 11.1 Å². The first-order valence-electron chi connectivity index (χ1n) is 11.8. The van der Waals surface area contributed by atoms with Crippen LogP contribution in [0.2, 0.25) is 5.02 Å². The average Bonchev–Trinajstić information content (AvgIpc) is 3.13. The number of hydrazine groups is 1. The Hall–Kier alpha value is -3.36. The second-order valence-corrected chi connectivity index (χ2v) is 11.5. The van der Waals surface area contributed by atoms with E-state index in [1.807, 2.05) is 55.5 Å². The lowest BCUT2D eigenvalue weighted by Gasteiger charge is -2.33. The highest BCUT2D eigenvalue weighted by atomic mass is 35.5. The number of hydrogen-bond acceptors (Lipinski definition) is 4. The Bertz CT molecular complexity index is 1370. The van der Waals surface area contributed by atoms with Crippen LogP contribution in [0.5, 0.6) is 0 Å². The molecular formula is C28H30ClN3O4S. The molecule has 0 fully saturated rings. The number of rotatable bonds is 6. The molecule has 0 saturated carbocycles. The molecule has 1 heterocycles. The summed E-state index contributed by atoms with van der Waals surface area (Å²) < 4.78 is 20.2. The fraction of sp³-hybridized carbons (Fsp3) is 0.286. The summed E-state index contributed by atoms with van der Waals surface area (Å²) in [6.45, 7) is 7.65. The second kappa shape index (κ2) is 10.6. The first-order chi connectivity index (χ1) is 17.4. The molecule has 0 radical (unpaired) electrons. The fourth-order valence-corrected chi connectivity index (χ4v) is 4.85. The van der Waals surface area contributed by atoms with Crippen LogP contribution in [0, 0.1) is 6.92 Å². The van der Waals surface area contributed by atoms with Crippen LogP contribution in [0.4, 0.5) is 10.5 Å². The quantitative estimate of drug-likeness (QED) is 0.397. The number of amides is 2. The molecule has 0 aromatic heterocycles. The molecule has 0 saturated heterocycles. The lowest BCUT2D eigenvalue weighted by atomic mass is 9.96. The largest absolute Gasteiger partial charge is 0.442 e. The predicted molar refractivity (Wildman–Crippen MR) is 147 cm³/mol. The van der Waals surface area contributed by atoms with Crippen LogP contribution in [0.1, 0.15) is 47.8 Å². The minimum absolute atomic E-state index is 0.152. The van der Waals surface area contributed by atoms with Gasteiger partial charge in [0.2, 0.25) is 0 Å². The van der Waals surface area contributed by atoms with E-state index in [0.29, 0.717) is 10.6 Å². The average molecular weight is 540 g/mol. The normalized spacial score (nSPS) is 13.8. The number of anilines is 1. The number of fused-ring (bicyclic) bond motifs is 1. The summed E-state index contributed by atoms with van der Waals surface area (Å²) in [6, 6.07) is 18.7. The van der Waals surface area contributed by atoms with Crippen molar-refractivity contribution in [2.45, 2.75) is 46.4 Å². The van der Waals surface area contributed by atoms with E-state index < -0.39 is 22.7 Å². The van der Waals surface area contributed by atoms with Gasteiger partial charge >= 0.3 is 6.09 Å². The van der Waals surface area contributed by atoms with Gasteiger partial charge < -0.3 is 9.46 Å². The van der Waals surface area contributed by atoms with E-state index in [1.165, 1.54) is 10.0 Å². The number of halogens is 1. The summed E-state index contributed by atoms with van der Waals surface area (Å²) in [7, 11) is -1.19. The van der Waals surface area contributed by atoms with Gasteiger partial charge in [-0.1, -0.05) is 41.9 Å². The lowest BCUT2D eigenvalue weighted by molar-refractivity contribution is -0.0428. The molecular weight excluding hydrogens is 510 g/mol. The third-order valence-electron chi connectivity index (χ3n) is 5.78. The Morgan fingerprint density at radius 1 is 1.11 bits per heavy atom. The molecule has 2 amide bonds. The maximum absolute atomic E-state index is 13.6. The molecule has 4 rings (SSSR count). The molecule has 1 unspecified atom stereocenters. The summed E-state index contributed by atoms with van der Waals surface area (Å²) >= 11 is 6.04. The van der Waals surface area contributed by atoms with Gasteiger partial charge in [-0.3, -0.25) is 4.79 Å². The molecule has 0 aliphatic carbocycles. The summed E-state index contributed by atoms with van der Waals surface area (Å²) in [4.78, 5) is 26.9. The molecule has 0 bridgehead atoms. The van der Waals surface area contributed by atoms with Crippen LogP contribution >= 0.6 is 11.6 Å². The van der Waals surface area contributed by atoms with Gasteiger partial charge in [-0.2, -0.15) is 0 Å². The Kier molecular flexibility index (Phi) is 7.62. The molecule has 1 aliphatic heterocycles. The Labute approximate surface area is 224 Å². The smallest absolute Gasteiger partial charge is 0.429 e. The van der Waals surface area contributed by atoms with Crippen molar-refractivity contribution in [3.05, 3.63) is 87.9 Å². The van der Waals surface area contributed by atoms with Crippen molar-refractivity contribution in [3.63, 3.8) is 0 Å². The molecule has 1 N–H and O–H groups in total. The van der Waals surface area contributed by atoms with Gasteiger partial charge in [0.1, 0.15) is 16.6 Å². The summed E-state index contributed by atoms with van der Waals surface area (Å²) in [6.07, 6.45) is 0.972. The number of nitrogens with one attached hydrogen (secondary N) is 1. The molecule has 7 nitrogen and oxygen atoms in total. The van der Waals surface area contributed by atoms with Gasteiger partial charge in [-0.25, -0.2) is 19.0 Å². The minimum atomic E-state index is -1.19. The molecule has 1 aliphatic rings. The van der Waals surface area contributed by atoms with Crippen molar-refractivity contribution in [3.8, 4) is 11.1 Å². The summed E-state index contributed by atoms with van der Waals surface area (Å²) in [5, 5.41) is 3.39. The van der Waals surface area contributed by atoms with E-state index in [4.69, 9.17) is 16.3 Å². The molecule has 37 heavy (non-hydrogen) atoms. The first-order valence-corrected chi connectivity index (χ1v) is 13.8. The Morgan fingerprint density at radius 2 is 1.81 bits per heavy atom. The van der Waals surface area contributed by atoms with Crippen LogP contribution in [-0.2, 0) is 28.8 Å². The van der Waals surface area contributed by atoms with Gasteiger partial charge in [0.05, 0.1) is 13.1 Å². The zero-order valence-electron chi connectivity index (χ0n) is 21.5. The zero-order valence-corrected chi connectivity index (χ0v) is 23.1. The number of aryl methyl sites for hydroxylation is 1. The van der Waals surface area contributed by atoms with Gasteiger partial charge in [0, 0.05) is 22.5 Å². The molecule has 3 aromatic rings. The summed E-state index contributed by atoms with van der Waals surface area (Å²) in [5.74, 6) is -0.254. The number of ether oxygens (including phenoxy) is 1. The van der Waals surface area contributed by atoms with E-state index in [9.17, 15) is 13.8 Å². The van der Waals surface area contributed by atoms with E-state index in [0.717, 1.165) is 33.5 Å². The van der Waals surface area contributed by atoms with Crippen LogP contribution in [-0.4, -0.2) is 38.1 Å². The maximum Gasteiger partial charge on any atom is 0.429 e. The van der Waals surface area contributed by atoms with Crippen molar-refractivity contribution in [2.75, 3.05) is 11.0 Å². The van der Waals surface area contributed by atoms with Gasteiger partial charge in [0.25, 0.3) is 5.91 Å². The predicted octanol–water partition coefficient (Wildman–Crippen LogP) is 6.33. The highest BCUT2D eigenvalue weighted by Gasteiger charge is 2.37.